The van der Waals surface area contributed by atoms with Crippen LogP contribution in [0.3, 0.4) is 0 Å². The molecular weight excluding hydrogens is 394 g/mol. The normalized spacial score (nSPS) is 10.9. The lowest BCUT2D eigenvalue weighted by atomic mass is 10.2. The molecule has 1 amide bonds. The van der Waals surface area contributed by atoms with Crippen molar-refractivity contribution in [2.24, 2.45) is 0 Å². The molecule has 0 radical (unpaired) electrons. The Morgan fingerprint density at radius 1 is 1.19 bits per heavy atom. The van der Waals surface area contributed by atoms with Gasteiger partial charge in [0.25, 0.3) is 0 Å². The Labute approximate surface area is 161 Å². The van der Waals surface area contributed by atoms with Crippen LogP contribution in [0.2, 0.25) is 0 Å². The highest BCUT2D eigenvalue weighted by Crippen LogP contribution is 2.21. The summed E-state index contributed by atoms with van der Waals surface area (Å²) in [4.78, 5) is 12.2. The van der Waals surface area contributed by atoms with Gasteiger partial charge in [-0.15, -0.1) is 0 Å². The zero-order valence-electron chi connectivity index (χ0n) is 15.2. The molecule has 7 heteroatoms. The lowest BCUT2D eigenvalue weighted by Crippen LogP contribution is -2.15. The molecule has 0 aliphatic heterocycles. The predicted octanol–water partition coefficient (Wildman–Crippen LogP) is 3.84. The van der Waals surface area contributed by atoms with Crippen LogP contribution in [0.15, 0.2) is 41.0 Å². The number of nitrogens with one attached hydrogen (secondary N) is 1. The summed E-state index contributed by atoms with van der Waals surface area (Å²) in [5.74, 6) is -0.0223. The lowest BCUT2D eigenvalue weighted by molar-refractivity contribution is -0.116. The largest absolute Gasteiger partial charge is 0.326 e. The third-order valence-electron chi connectivity index (χ3n) is 4.32. The summed E-state index contributed by atoms with van der Waals surface area (Å²) in [5.41, 5.74) is 5.00. The Morgan fingerprint density at radius 2 is 2.00 bits per heavy atom. The highest BCUT2D eigenvalue weighted by molar-refractivity contribution is 9.10. The van der Waals surface area contributed by atoms with Crippen molar-refractivity contribution in [3.63, 3.8) is 0 Å². The number of benzene rings is 1. The summed E-state index contributed by atoms with van der Waals surface area (Å²) in [6.07, 6.45) is 2.13. The molecule has 26 heavy (non-hydrogen) atoms. The second-order valence-electron chi connectivity index (χ2n) is 6.34. The fourth-order valence-corrected chi connectivity index (χ4v) is 3.10. The summed E-state index contributed by atoms with van der Waals surface area (Å²) in [6, 6.07) is 9.80. The highest BCUT2D eigenvalue weighted by Gasteiger charge is 2.10. The van der Waals surface area contributed by atoms with Gasteiger partial charge in [0.15, 0.2) is 0 Å². The summed E-state index contributed by atoms with van der Waals surface area (Å²) in [5, 5.41) is 11.7. The zero-order chi connectivity index (χ0) is 18.7. The first-order valence-corrected chi connectivity index (χ1v) is 9.30. The number of halogens is 1. The Kier molecular flexibility index (Phi) is 5.56. The van der Waals surface area contributed by atoms with Gasteiger partial charge in [0.2, 0.25) is 5.91 Å². The van der Waals surface area contributed by atoms with Crippen LogP contribution in [-0.4, -0.2) is 25.5 Å². The molecule has 0 bridgehead atoms. The number of carbonyl (C=O) groups is 1. The van der Waals surface area contributed by atoms with Gasteiger partial charge in [-0.2, -0.15) is 10.2 Å². The van der Waals surface area contributed by atoms with Gasteiger partial charge >= 0.3 is 0 Å². The van der Waals surface area contributed by atoms with Crippen LogP contribution < -0.4 is 5.32 Å². The van der Waals surface area contributed by atoms with E-state index >= 15 is 0 Å². The highest BCUT2D eigenvalue weighted by atomic mass is 79.9. The quantitative estimate of drug-likeness (QED) is 0.664. The van der Waals surface area contributed by atoms with E-state index in [0.717, 1.165) is 32.8 Å². The van der Waals surface area contributed by atoms with Crippen molar-refractivity contribution in [1.29, 1.82) is 0 Å². The minimum atomic E-state index is -0.0223. The smallest absolute Gasteiger partial charge is 0.226 e. The SMILES string of the molecule is Cc1nn(Cc2cccc(NC(=O)CCn3nccc3C)c2)c(C)c1Br. The van der Waals surface area contributed by atoms with Gasteiger partial charge in [-0.25, -0.2) is 0 Å². The molecule has 0 saturated carbocycles. The van der Waals surface area contributed by atoms with Crippen molar-refractivity contribution in [2.45, 2.75) is 40.3 Å². The summed E-state index contributed by atoms with van der Waals surface area (Å²) in [7, 11) is 0. The first-order chi connectivity index (χ1) is 12.4. The van der Waals surface area contributed by atoms with Crippen LogP contribution in [-0.2, 0) is 17.9 Å². The van der Waals surface area contributed by atoms with E-state index in [9.17, 15) is 4.79 Å². The Morgan fingerprint density at radius 3 is 2.65 bits per heavy atom. The molecule has 0 saturated heterocycles. The first-order valence-electron chi connectivity index (χ1n) is 8.51. The van der Waals surface area contributed by atoms with Crippen molar-refractivity contribution in [3.8, 4) is 0 Å². The number of carbonyl (C=O) groups excluding carboxylic acids is 1. The maximum Gasteiger partial charge on any atom is 0.226 e. The minimum absolute atomic E-state index is 0.0223. The van der Waals surface area contributed by atoms with Crippen LogP contribution in [0.4, 0.5) is 5.69 Å². The summed E-state index contributed by atoms with van der Waals surface area (Å²) >= 11 is 3.55. The zero-order valence-corrected chi connectivity index (χ0v) is 16.7. The lowest BCUT2D eigenvalue weighted by Gasteiger charge is -2.09. The van der Waals surface area contributed by atoms with Crippen molar-refractivity contribution in [1.82, 2.24) is 19.6 Å². The van der Waals surface area contributed by atoms with Crippen LogP contribution in [0, 0.1) is 20.8 Å². The second kappa shape index (κ2) is 7.86. The van der Waals surface area contributed by atoms with Gasteiger partial charge < -0.3 is 5.32 Å². The standard InChI is InChI=1S/C19H22BrN5O/c1-13-7-9-21-24(13)10-8-18(26)22-17-6-4-5-16(11-17)12-25-15(3)19(20)14(2)23-25/h4-7,9,11H,8,10,12H2,1-3H3,(H,22,26). The van der Waals surface area contributed by atoms with E-state index in [4.69, 9.17) is 0 Å². The number of rotatable bonds is 6. The second-order valence-corrected chi connectivity index (χ2v) is 7.13. The molecule has 2 heterocycles. The van der Waals surface area contributed by atoms with Crippen molar-refractivity contribution >= 4 is 27.5 Å². The van der Waals surface area contributed by atoms with Gasteiger partial charge in [-0.05, 0) is 60.5 Å². The maximum atomic E-state index is 12.2. The molecule has 6 nitrogen and oxygen atoms in total. The summed E-state index contributed by atoms with van der Waals surface area (Å²) < 4.78 is 4.83. The average Bonchev–Trinajstić information content (AvgIpc) is 3.12. The van der Waals surface area contributed by atoms with E-state index in [0.29, 0.717) is 19.5 Å². The van der Waals surface area contributed by atoms with Gasteiger partial charge in [0.05, 0.1) is 22.4 Å². The van der Waals surface area contributed by atoms with Crippen LogP contribution in [0.5, 0.6) is 0 Å². The van der Waals surface area contributed by atoms with Gasteiger partial charge in [-0.1, -0.05) is 12.1 Å². The van der Waals surface area contributed by atoms with Crippen LogP contribution in [0.25, 0.3) is 0 Å². The van der Waals surface area contributed by atoms with Crippen molar-refractivity contribution in [3.05, 3.63) is 63.6 Å². The molecule has 1 aromatic carbocycles. The molecule has 2 aromatic heterocycles. The summed E-state index contributed by atoms with van der Waals surface area (Å²) in [6.45, 7) is 7.23. The molecule has 0 spiro atoms. The number of aromatic nitrogens is 4. The van der Waals surface area contributed by atoms with E-state index in [1.807, 2.05) is 60.5 Å². The molecule has 0 atom stereocenters. The van der Waals surface area contributed by atoms with Gasteiger partial charge in [0, 0.05) is 30.5 Å². The third-order valence-corrected chi connectivity index (χ3v) is 5.46. The Bertz CT molecular complexity index is 928. The van der Waals surface area contributed by atoms with Gasteiger partial charge in [-0.3, -0.25) is 14.2 Å². The first kappa shape index (κ1) is 18.4. The van der Waals surface area contributed by atoms with Crippen molar-refractivity contribution < 1.29 is 4.79 Å². The monoisotopic (exact) mass is 415 g/mol. The molecule has 0 aliphatic rings. The third kappa shape index (κ3) is 4.22. The van der Waals surface area contributed by atoms with E-state index in [2.05, 4.69) is 31.4 Å². The number of hydrogen-bond donors (Lipinski definition) is 1. The average molecular weight is 416 g/mol. The van der Waals surface area contributed by atoms with Crippen molar-refractivity contribution in [2.75, 3.05) is 5.32 Å². The number of nitrogens with zero attached hydrogens (tertiary/aromatic N) is 4. The Balaban J connectivity index is 1.62. The number of hydrogen-bond acceptors (Lipinski definition) is 3. The van der Waals surface area contributed by atoms with Crippen LogP contribution in [0.1, 0.15) is 29.1 Å². The molecule has 136 valence electrons. The Hall–Kier alpha value is -2.41. The fraction of sp³-hybridized carbons (Fsp3) is 0.316. The molecular formula is C19H22BrN5O. The van der Waals surface area contributed by atoms with E-state index < -0.39 is 0 Å². The minimum Gasteiger partial charge on any atom is -0.326 e. The predicted molar refractivity (Wildman–Crippen MR) is 105 cm³/mol. The van der Waals surface area contributed by atoms with E-state index in [-0.39, 0.29) is 5.91 Å². The molecule has 0 fully saturated rings. The topological polar surface area (TPSA) is 64.7 Å². The molecule has 0 unspecified atom stereocenters. The van der Waals surface area contributed by atoms with E-state index in [1.165, 1.54) is 0 Å². The molecule has 0 aliphatic carbocycles. The van der Waals surface area contributed by atoms with Gasteiger partial charge in [0.1, 0.15) is 0 Å². The number of aryl methyl sites for hydroxylation is 3. The number of amides is 1. The van der Waals surface area contributed by atoms with E-state index in [1.54, 1.807) is 6.20 Å². The fourth-order valence-electron chi connectivity index (χ4n) is 2.81. The van der Waals surface area contributed by atoms with Crippen LogP contribution >= 0.6 is 15.9 Å². The molecule has 3 aromatic rings. The number of anilines is 1. The molecule has 1 N–H and O–H groups in total. The maximum absolute atomic E-state index is 12.2. The molecule has 3 rings (SSSR count).